The van der Waals surface area contributed by atoms with Gasteiger partial charge >= 0.3 is 0 Å². The van der Waals surface area contributed by atoms with Gasteiger partial charge in [-0.1, -0.05) is 65.7 Å². The maximum absolute atomic E-state index is 14.9. The summed E-state index contributed by atoms with van der Waals surface area (Å²) in [6.45, 7) is 6.05. The Kier molecular flexibility index (Phi) is 6.13. The lowest BCUT2D eigenvalue weighted by Crippen LogP contribution is -2.51. The molecule has 1 saturated heterocycles. The second kappa shape index (κ2) is 9.80. The zero-order valence-corrected chi connectivity index (χ0v) is 24.5. The molecule has 6 nitrogen and oxygen atoms in total. The number of hydrogen-bond donors (Lipinski definition) is 1. The number of amides is 1. The highest BCUT2D eigenvalue weighted by Gasteiger charge is 2.70. The fraction of sp³-hybridized carbons (Fsp3) is 0.216. The predicted molar refractivity (Wildman–Crippen MR) is 168 cm³/mol. The molecular formula is C37H32N2O4. The molecule has 3 aliphatic rings. The van der Waals surface area contributed by atoms with E-state index in [9.17, 15) is 14.4 Å². The Morgan fingerprint density at radius 3 is 2.19 bits per heavy atom. The van der Waals surface area contributed by atoms with Gasteiger partial charge in [0.2, 0.25) is 5.91 Å². The lowest BCUT2D eigenvalue weighted by molar-refractivity contribution is -0.121. The number of hydrogen-bond acceptors (Lipinski definition) is 5. The Labute approximate surface area is 251 Å². The van der Waals surface area contributed by atoms with Crippen molar-refractivity contribution in [3.05, 3.63) is 130 Å². The second-order valence-electron chi connectivity index (χ2n) is 11.8. The molecule has 0 unspecified atom stereocenters. The van der Waals surface area contributed by atoms with E-state index in [4.69, 9.17) is 4.74 Å². The number of carbonyl (C=O) groups is 3. The topological polar surface area (TPSA) is 75.7 Å². The summed E-state index contributed by atoms with van der Waals surface area (Å²) in [5.41, 5.74) is 5.97. The molecule has 4 atom stereocenters. The summed E-state index contributed by atoms with van der Waals surface area (Å²) < 4.78 is 5.35. The average molecular weight is 569 g/mol. The van der Waals surface area contributed by atoms with Crippen molar-refractivity contribution in [1.29, 1.82) is 0 Å². The molecule has 1 fully saturated rings. The summed E-state index contributed by atoms with van der Waals surface area (Å²) in [5.74, 6) is -1.11. The van der Waals surface area contributed by atoms with Gasteiger partial charge in [-0.05, 0) is 74.4 Å². The molecular weight excluding hydrogens is 536 g/mol. The zero-order valence-electron chi connectivity index (χ0n) is 24.5. The second-order valence-corrected chi connectivity index (χ2v) is 11.8. The molecule has 0 aromatic heterocycles. The number of ether oxygens (including phenoxy) is 1. The average Bonchev–Trinajstić information content (AvgIpc) is 3.49. The smallest absolute Gasteiger partial charge is 0.238 e. The van der Waals surface area contributed by atoms with Gasteiger partial charge in [0, 0.05) is 28.1 Å². The minimum atomic E-state index is -1.34. The van der Waals surface area contributed by atoms with Crippen LogP contribution in [0.1, 0.15) is 49.9 Å². The fourth-order valence-corrected chi connectivity index (χ4v) is 7.37. The van der Waals surface area contributed by atoms with E-state index >= 15 is 0 Å². The summed E-state index contributed by atoms with van der Waals surface area (Å²) in [4.78, 5) is 46.3. The van der Waals surface area contributed by atoms with E-state index in [0.717, 1.165) is 33.5 Å². The van der Waals surface area contributed by atoms with Crippen molar-refractivity contribution < 1.29 is 19.1 Å². The van der Waals surface area contributed by atoms with Crippen molar-refractivity contribution >= 4 is 34.4 Å². The molecule has 3 aliphatic heterocycles. The van der Waals surface area contributed by atoms with E-state index in [1.54, 1.807) is 31.4 Å². The Balaban J connectivity index is 1.54. The summed E-state index contributed by atoms with van der Waals surface area (Å²) >= 11 is 0. The van der Waals surface area contributed by atoms with Crippen molar-refractivity contribution in [2.45, 2.75) is 38.3 Å². The molecule has 214 valence electrons. The Morgan fingerprint density at radius 1 is 0.814 bits per heavy atom. The predicted octanol–water partition coefficient (Wildman–Crippen LogP) is 6.56. The van der Waals surface area contributed by atoms with Crippen LogP contribution >= 0.6 is 0 Å². The first kappa shape index (κ1) is 26.9. The number of methoxy groups -OCH3 is 1. The largest absolute Gasteiger partial charge is 0.497 e. The van der Waals surface area contributed by atoms with Crippen molar-refractivity contribution in [3.63, 3.8) is 0 Å². The van der Waals surface area contributed by atoms with E-state index in [-0.39, 0.29) is 17.5 Å². The highest BCUT2D eigenvalue weighted by atomic mass is 16.5. The quantitative estimate of drug-likeness (QED) is 0.276. The van der Waals surface area contributed by atoms with Crippen molar-refractivity contribution in [3.8, 4) is 5.75 Å². The number of Topliss-reactive ketones (excluding diaryl/α,β-unsaturated/α-hetero) is 2. The van der Waals surface area contributed by atoms with Crippen LogP contribution in [0, 0.1) is 19.8 Å². The molecule has 0 radical (unpaired) electrons. The van der Waals surface area contributed by atoms with E-state index in [1.165, 1.54) is 0 Å². The van der Waals surface area contributed by atoms with Crippen LogP contribution in [0.2, 0.25) is 0 Å². The maximum Gasteiger partial charge on any atom is 0.238 e. The van der Waals surface area contributed by atoms with Crippen LogP contribution in [-0.2, 0) is 10.2 Å². The SMILES string of the molecule is COc1ccc(C(=O)[C@H]2[C@H](C(=O)c3ccc(C)cc3)N3c4ccc(C)cc4C(C)=C[C@@H]3[C@@]23C(=O)Nc2ccccc23)cc1. The van der Waals surface area contributed by atoms with Gasteiger partial charge in [0.1, 0.15) is 17.2 Å². The number of nitrogens with zero attached hydrogens (tertiary/aromatic N) is 1. The van der Waals surface area contributed by atoms with Gasteiger partial charge < -0.3 is 15.0 Å². The molecule has 0 aliphatic carbocycles. The van der Waals surface area contributed by atoms with Crippen molar-refractivity contribution in [2.24, 2.45) is 5.92 Å². The highest BCUT2D eigenvalue weighted by Crippen LogP contribution is 2.59. The Hall–Kier alpha value is -4.97. The normalized spacial score (nSPS) is 23.3. The van der Waals surface area contributed by atoms with Gasteiger partial charge in [0.05, 0.1) is 19.1 Å². The van der Waals surface area contributed by atoms with Crippen LogP contribution in [0.15, 0.2) is 97.1 Å². The van der Waals surface area contributed by atoms with E-state index in [2.05, 4.69) is 22.4 Å². The summed E-state index contributed by atoms with van der Waals surface area (Å²) in [7, 11) is 1.57. The number of aryl methyl sites for hydroxylation is 2. The summed E-state index contributed by atoms with van der Waals surface area (Å²) in [5, 5.41) is 3.09. The number of nitrogens with one attached hydrogen (secondary N) is 1. The molecule has 7 rings (SSSR count). The zero-order chi connectivity index (χ0) is 30.0. The third-order valence-electron chi connectivity index (χ3n) is 9.39. The number of rotatable bonds is 5. The summed E-state index contributed by atoms with van der Waals surface area (Å²) in [6, 6.07) is 26.6. The number of carbonyl (C=O) groups excluding carboxylic acids is 3. The molecule has 4 aromatic carbocycles. The minimum absolute atomic E-state index is 0.189. The maximum atomic E-state index is 14.9. The van der Waals surface area contributed by atoms with Gasteiger partial charge in [-0.2, -0.15) is 0 Å². The van der Waals surface area contributed by atoms with Gasteiger partial charge in [0.15, 0.2) is 11.6 Å². The molecule has 6 heteroatoms. The van der Waals surface area contributed by atoms with Gasteiger partial charge in [-0.25, -0.2) is 0 Å². The number of para-hydroxylation sites is 1. The van der Waals surface area contributed by atoms with E-state index in [0.29, 0.717) is 22.6 Å². The molecule has 1 amide bonds. The van der Waals surface area contributed by atoms with Crippen LogP contribution in [0.25, 0.3) is 5.57 Å². The van der Waals surface area contributed by atoms with Crippen LogP contribution in [0.5, 0.6) is 5.75 Å². The molecule has 43 heavy (non-hydrogen) atoms. The van der Waals surface area contributed by atoms with Crippen molar-refractivity contribution in [1.82, 2.24) is 0 Å². The fourth-order valence-electron chi connectivity index (χ4n) is 7.37. The highest BCUT2D eigenvalue weighted by molar-refractivity contribution is 6.18. The lowest BCUT2D eigenvalue weighted by Gasteiger charge is -2.39. The number of benzene rings is 4. The summed E-state index contributed by atoms with van der Waals surface area (Å²) in [6.07, 6.45) is 2.08. The third-order valence-corrected chi connectivity index (χ3v) is 9.39. The third kappa shape index (κ3) is 3.82. The first-order valence-corrected chi connectivity index (χ1v) is 14.5. The molecule has 1 spiro atoms. The monoisotopic (exact) mass is 568 g/mol. The number of fused-ring (bicyclic) bond motifs is 6. The standard InChI is InChI=1S/C37H32N2O4/c1-21-9-12-25(13-10-21)35(41)33-32(34(40)24-14-16-26(43-4)17-15-24)37(28-7-5-6-8-29(28)38-36(37)42)31-20-23(3)27-19-22(2)11-18-30(27)39(31)33/h5-20,31-33H,1-4H3,(H,38,42)/t31-,32-,33-,37-/m1/s1. The van der Waals surface area contributed by atoms with Gasteiger partial charge in [-0.3, -0.25) is 14.4 Å². The number of allylic oxidation sites excluding steroid dienone is 1. The molecule has 4 aromatic rings. The van der Waals surface area contributed by atoms with Gasteiger partial charge in [0.25, 0.3) is 0 Å². The number of ketones is 2. The van der Waals surface area contributed by atoms with Crippen LogP contribution in [0.3, 0.4) is 0 Å². The first-order valence-electron chi connectivity index (χ1n) is 14.5. The van der Waals surface area contributed by atoms with Crippen LogP contribution < -0.4 is 15.0 Å². The Bertz CT molecular complexity index is 1840. The van der Waals surface area contributed by atoms with Crippen LogP contribution in [-0.4, -0.2) is 36.7 Å². The van der Waals surface area contributed by atoms with Crippen LogP contribution in [0.4, 0.5) is 11.4 Å². The number of anilines is 2. The minimum Gasteiger partial charge on any atom is -0.497 e. The van der Waals surface area contributed by atoms with E-state index < -0.39 is 23.4 Å². The van der Waals surface area contributed by atoms with Crippen molar-refractivity contribution in [2.75, 3.05) is 17.3 Å². The molecule has 1 N–H and O–H groups in total. The van der Waals surface area contributed by atoms with Gasteiger partial charge in [-0.15, -0.1) is 0 Å². The van der Waals surface area contributed by atoms with E-state index in [1.807, 2.05) is 81.4 Å². The first-order chi connectivity index (χ1) is 20.7. The molecule has 0 bridgehead atoms. The molecule has 3 heterocycles. The molecule has 0 saturated carbocycles. The lowest BCUT2D eigenvalue weighted by atomic mass is 9.64. The Morgan fingerprint density at radius 2 is 1.47 bits per heavy atom.